The predicted molar refractivity (Wildman–Crippen MR) is 49.8 cm³/mol. The van der Waals surface area contributed by atoms with Gasteiger partial charge < -0.3 is 9.84 Å². The van der Waals surface area contributed by atoms with Crippen LogP contribution in [0.25, 0.3) is 0 Å². The Morgan fingerprint density at radius 2 is 2.00 bits per heavy atom. The van der Waals surface area contributed by atoms with Crippen molar-refractivity contribution < 1.29 is 14.6 Å². The number of hydrogen-bond acceptors (Lipinski definition) is 2. The van der Waals surface area contributed by atoms with Crippen LogP contribution in [0.5, 0.6) is 0 Å². The van der Waals surface area contributed by atoms with Gasteiger partial charge >= 0.3 is 6.16 Å². The Morgan fingerprint density at radius 1 is 1.38 bits per heavy atom. The zero-order chi connectivity index (χ0) is 9.73. The van der Waals surface area contributed by atoms with Gasteiger partial charge in [0.05, 0.1) is 0 Å². The number of ether oxygens (including phenoxy) is 1. The molecule has 0 aromatic heterocycles. The quantitative estimate of drug-likeness (QED) is 0.689. The average Bonchev–Trinajstić information content (AvgIpc) is 2.16. The van der Waals surface area contributed by atoms with Gasteiger partial charge in [-0.3, -0.25) is 0 Å². The molecule has 1 rings (SSSR count). The summed E-state index contributed by atoms with van der Waals surface area (Å²) in [6.07, 6.45) is 5.86. The molecule has 0 saturated heterocycles. The first kappa shape index (κ1) is 10.4. The van der Waals surface area contributed by atoms with Crippen LogP contribution >= 0.6 is 0 Å². The van der Waals surface area contributed by atoms with Crippen LogP contribution in [-0.2, 0) is 4.74 Å². The molecule has 0 aromatic rings. The number of carbonyl (C=O) groups is 1. The SMILES string of the molecule is CCC1(COC(=O)O)CCCCC1. The molecule has 1 saturated carbocycles. The minimum atomic E-state index is -1.14. The van der Waals surface area contributed by atoms with Crippen LogP contribution in [0.3, 0.4) is 0 Å². The molecule has 0 atom stereocenters. The van der Waals surface area contributed by atoms with Gasteiger partial charge in [0.15, 0.2) is 0 Å². The average molecular weight is 186 g/mol. The summed E-state index contributed by atoms with van der Waals surface area (Å²) in [6.45, 7) is 2.51. The van der Waals surface area contributed by atoms with Crippen molar-refractivity contribution in [3.8, 4) is 0 Å². The van der Waals surface area contributed by atoms with E-state index in [0.29, 0.717) is 6.61 Å². The molecule has 0 aromatic carbocycles. The lowest BCUT2D eigenvalue weighted by Gasteiger charge is -2.35. The van der Waals surface area contributed by atoms with Crippen molar-refractivity contribution in [3.05, 3.63) is 0 Å². The molecule has 0 bridgehead atoms. The minimum Gasteiger partial charge on any atom is -0.450 e. The Balaban J connectivity index is 2.42. The summed E-state index contributed by atoms with van der Waals surface area (Å²) in [7, 11) is 0. The van der Waals surface area contributed by atoms with Gasteiger partial charge in [0.2, 0.25) is 0 Å². The van der Waals surface area contributed by atoms with Crippen LogP contribution in [0.4, 0.5) is 4.79 Å². The zero-order valence-electron chi connectivity index (χ0n) is 8.21. The molecule has 13 heavy (non-hydrogen) atoms. The van der Waals surface area contributed by atoms with Crippen molar-refractivity contribution in [2.75, 3.05) is 6.61 Å². The monoisotopic (exact) mass is 186 g/mol. The summed E-state index contributed by atoms with van der Waals surface area (Å²) in [5, 5.41) is 8.43. The van der Waals surface area contributed by atoms with Gasteiger partial charge in [-0.15, -0.1) is 0 Å². The molecule has 0 radical (unpaired) electrons. The molecule has 1 fully saturated rings. The second-order valence-electron chi connectivity index (χ2n) is 3.97. The third kappa shape index (κ3) is 2.90. The maximum atomic E-state index is 10.3. The van der Waals surface area contributed by atoms with Crippen molar-refractivity contribution in [1.29, 1.82) is 0 Å². The molecule has 0 spiro atoms. The lowest BCUT2D eigenvalue weighted by Crippen LogP contribution is -2.29. The summed E-state index contributed by atoms with van der Waals surface area (Å²) < 4.78 is 4.69. The number of carboxylic acid groups (broad SMARTS) is 1. The lowest BCUT2D eigenvalue weighted by atomic mass is 9.73. The molecule has 1 aliphatic carbocycles. The molecule has 1 N–H and O–H groups in total. The normalized spacial score (nSPS) is 21.0. The van der Waals surface area contributed by atoms with Gasteiger partial charge in [0, 0.05) is 5.41 Å². The molecule has 0 amide bonds. The van der Waals surface area contributed by atoms with E-state index in [0.717, 1.165) is 19.3 Å². The van der Waals surface area contributed by atoms with E-state index < -0.39 is 6.16 Å². The van der Waals surface area contributed by atoms with Gasteiger partial charge in [-0.05, 0) is 19.3 Å². The molecule has 3 nitrogen and oxygen atoms in total. The Labute approximate surface area is 79.1 Å². The van der Waals surface area contributed by atoms with E-state index in [1.165, 1.54) is 19.3 Å². The Kier molecular flexibility index (Phi) is 3.58. The van der Waals surface area contributed by atoms with E-state index in [1.54, 1.807) is 0 Å². The lowest BCUT2D eigenvalue weighted by molar-refractivity contribution is 0.0256. The second-order valence-corrected chi connectivity index (χ2v) is 3.97. The van der Waals surface area contributed by atoms with Gasteiger partial charge in [-0.25, -0.2) is 4.79 Å². The summed E-state index contributed by atoms with van der Waals surface area (Å²) in [6, 6.07) is 0. The molecule has 0 heterocycles. The molecular formula is C10H18O3. The summed E-state index contributed by atoms with van der Waals surface area (Å²) >= 11 is 0. The minimum absolute atomic E-state index is 0.149. The number of hydrogen-bond donors (Lipinski definition) is 1. The zero-order valence-corrected chi connectivity index (χ0v) is 8.21. The smallest absolute Gasteiger partial charge is 0.450 e. The van der Waals surface area contributed by atoms with Crippen LogP contribution in [0.15, 0.2) is 0 Å². The van der Waals surface area contributed by atoms with Crippen molar-refractivity contribution in [1.82, 2.24) is 0 Å². The Bertz CT molecular complexity index is 171. The summed E-state index contributed by atoms with van der Waals surface area (Å²) in [4.78, 5) is 10.3. The fourth-order valence-electron chi connectivity index (χ4n) is 2.12. The first-order chi connectivity index (χ1) is 6.18. The van der Waals surface area contributed by atoms with Crippen LogP contribution in [-0.4, -0.2) is 17.9 Å². The fourth-order valence-corrected chi connectivity index (χ4v) is 2.12. The summed E-state index contributed by atoms with van der Waals surface area (Å²) in [5.41, 5.74) is 0.149. The van der Waals surface area contributed by atoms with Gasteiger partial charge in [0.1, 0.15) is 6.61 Å². The van der Waals surface area contributed by atoms with E-state index in [9.17, 15) is 4.79 Å². The van der Waals surface area contributed by atoms with Crippen LogP contribution in [0.1, 0.15) is 45.4 Å². The topological polar surface area (TPSA) is 46.5 Å². The maximum absolute atomic E-state index is 10.3. The molecular weight excluding hydrogens is 168 g/mol. The molecule has 0 aliphatic heterocycles. The van der Waals surface area contributed by atoms with Gasteiger partial charge in [-0.1, -0.05) is 26.2 Å². The first-order valence-corrected chi connectivity index (χ1v) is 5.04. The fraction of sp³-hybridized carbons (Fsp3) is 0.900. The largest absolute Gasteiger partial charge is 0.505 e. The Hall–Kier alpha value is -0.730. The first-order valence-electron chi connectivity index (χ1n) is 5.04. The molecule has 0 unspecified atom stereocenters. The van der Waals surface area contributed by atoms with Crippen molar-refractivity contribution in [2.24, 2.45) is 5.41 Å². The third-order valence-electron chi connectivity index (χ3n) is 3.17. The predicted octanol–water partition coefficient (Wildman–Crippen LogP) is 3.04. The van der Waals surface area contributed by atoms with Crippen molar-refractivity contribution in [2.45, 2.75) is 45.4 Å². The van der Waals surface area contributed by atoms with E-state index >= 15 is 0 Å². The van der Waals surface area contributed by atoms with Gasteiger partial charge in [-0.2, -0.15) is 0 Å². The number of rotatable bonds is 3. The highest BCUT2D eigenvalue weighted by molar-refractivity contribution is 5.56. The highest BCUT2D eigenvalue weighted by atomic mass is 16.7. The molecule has 1 aliphatic rings. The van der Waals surface area contributed by atoms with Crippen LogP contribution in [0, 0.1) is 5.41 Å². The standard InChI is InChI=1S/C10H18O3/c1-2-10(8-13-9(11)12)6-4-3-5-7-10/h2-8H2,1H3,(H,11,12). The second kappa shape index (κ2) is 4.49. The van der Waals surface area contributed by atoms with E-state index in [2.05, 4.69) is 6.92 Å². The highest BCUT2D eigenvalue weighted by Gasteiger charge is 2.31. The van der Waals surface area contributed by atoms with Crippen molar-refractivity contribution in [3.63, 3.8) is 0 Å². The maximum Gasteiger partial charge on any atom is 0.505 e. The highest BCUT2D eigenvalue weighted by Crippen LogP contribution is 2.39. The third-order valence-corrected chi connectivity index (χ3v) is 3.17. The van der Waals surface area contributed by atoms with Crippen LogP contribution < -0.4 is 0 Å². The summed E-state index contributed by atoms with van der Waals surface area (Å²) in [5.74, 6) is 0. The van der Waals surface area contributed by atoms with Gasteiger partial charge in [0.25, 0.3) is 0 Å². The molecule has 76 valence electrons. The van der Waals surface area contributed by atoms with Crippen LogP contribution in [0.2, 0.25) is 0 Å². The van der Waals surface area contributed by atoms with E-state index in [-0.39, 0.29) is 5.41 Å². The van der Waals surface area contributed by atoms with E-state index in [1.807, 2.05) is 0 Å². The molecule has 3 heteroatoms. The Morgan fingerprint density at radius 3 is 2.46 bits per heavy atom. The van der Waals surface area contributed by atoms with Crippen molar-refractivity contribution >= 4 is 6.16 Å². The van der Waals surface area contributed by atoms with E-state index in [4.69, 9.17) is 9.84 Å².